The summed E-state index contributed by atoms with van der Waals surface area (Å²) in [6, 6.07) is 9.93. The number of rotatable bonds is 7. The van der Waals surface area contributed by atoms with E-state index in [1.807, 2.05) is 0 Å². The first-order valence-electron chi connectivity index (χ1n) is 10.2. The highest BCUT2D eigenvalue weighted by Crippen LogP contribution is 2.12. The Balaban J connectivity index is 1.27. The fraction of sp³-hybridized carbons (Fsp3) is 0.455. The molecule has 2 aliphatic heterocycles. The van der Waals surface area contributed by atoms with Gasteiger partial charge in [0.2, 0.25) is 11.2 Å². The van der Waals surface area contributed by atoms with Crippen LogP contribution in [0.3, 0.4) is 0 Å². The van der Waals surface area contributed by atoms with Crippen molar-refractivity contribution in [1.29, 1.82) is 0 Å². The second kappa shape index (κ2) is 9.24. The fourth-order valence-corrected chi connectivity index (χ4v) is 3.90. The van der Waals surface area contributed by atoms with E-state index in [9.17, 15) is 9.59 Å². The molecule has 0 aliphatic carbocycles. The quantitative estimate of drug-likeness (QED) is 0.707. The number of benzene rings is 1. The Hall–Kier alpha value is -2.64. The van der Waals surface area contributed by atoms with Gasteiger partial charge in [-0.3, -0.25) is 9.59 Å². The van der Waals surface area contributed by atoms with Crippen molar-refractivity contribution >= 4 is 5.91 Å². The molecule has 4 rings (SSSR count). The van der Waals surface area contributed by atoms with Gasteiger partial charge in [-0.1, -0.05) is 24.3 Å². The van der Waals surface area contributed by atoms with Crippen molar-refractivity contribution in [3.05, 3.63) is 63.7 Å². The van der Waals surface area contributed by atoms with Gasteiger partial charge in [0.1, 0.15) is 19.4 Å². The summed E-state index contributed by atoms with van der Waals surface area (Å²) < 4.78 is 16.4. The SMILES string of the molecule is O=C(COc1coc(C[NH+]2CCc3ccccc3C2)cc1=O)NC[C@@H]1CCCO1. The zero-order valence-corrected chi connectivity index (χ0v) is 16.4. The minimum Gasteiger partial charge on any atom is -0.477 e. The van der Waals surface area contributed by atoms with Crippen molar-refractivity contribution in [2.75, 3.05) is 26.3 Å². The topological polar surface area (TPSA) is 82.2 Å². The lowest BCUT2D eigenvalue weighted by Crippen LogP contribution is -3.10. The Labute approximate surface area is 169 Å². The number of ether oxygens (including phenoxy) is 2. The number of carbonyl (C=O) groups is 1. The molecular weight excluding hydrogens is 372 g/mol. The number of carbonyl (C=O) groups excluding carboxylic acids is 1. The first kappa shape index (κ1) is 19.7. The van der Waals surface area contributed by atoms with E-state index in [2.05, 4.69) is 29.6 Å². The highest BCUT2D eigenvalue weighted by Gasteiger charge is 2.21. The van der Waals surface area contributed by atoms with Crippen LogP contribution in [0.4, 0.5) is 0 Å². The van der Waals surface area contributed by atoms with Crippen LogP contribution in [0, 0.1) is 0 Å². The lowest BCUT2D eigenvalue weighted by molar-refractivity contribution is -0.930. The maximum absolute atomic E-state index is 12.3. The monoisotopic (exact) mass is 399 g/mol. The van der Waals surface area contributed by atoms with Gasteiger partial charge in [0.05, 0.1) is 12.6 Å². The molecule has 7 nitrogen and oxygen atoms in total. The van der Waals surface area contributed by atoms with Crippen LogP contribution in [-0.4, -0.2) is 38.3 Å². The van der Waals surface area contributed by atoms with Gasteiger partial charge in [0, 0.05) is 31.2 Å². The van der Waals surface area contributed by atoms with Crippen LogP contribution < -0.4 is 20.4 Å². The predicted octanol–water partition coefficient (Wildman–Crippen LogP) is 0.455. The summed E-state index contributed by atoms with van der Waals surface area (Å²) in [6.07, 6.45) is 4.39. The Bertz CT molecular complexity index is 904. The molecular formula is C22H27N2O5+. The average Bonchev–Trinajstić information content (AvgIpc) is 3.25. The first-order valence-corrected chi connectivity index (χ1v) is 10.2. The molecule has 1 saturated heterocycles. The van der Waals surface area contributed by atoms with Crippen LogP contribution in [0.2, 0.25) is 0 Å². The highest BCUT2D eigenvalue weighted by atomic mass is 16.5. The summed E-state index contributed by atoms with van der Waals surface area (Å²) >= 11 is 0. The molecule has 0 radical (unpaired) electrons. The molecule has 2 aromatic rings. The largest absolute Gasteiger partial charge is 0.477 e. The Morgan fingerprint density at radius 3 is 2.93 bits per heavy atom. The molecule has 3 heterocycles. The molecule has 29 heavy (non-hydrogen) atoms. The van der Waals surface area contributed by atoms with E-state index < -0.39 is 0 Å². The van der Waals surface area contributed by atoms with E-state index in [-0.39, 0.29) is 29.8 Å². The number of amides is 1. The molecule has 2 N–H and O–H groups in total. The molecule has 1 fully saturated rings. The molecule has 1 amide bonds. The van der Waals surface area contributed by atoms with Crippen LogP contribution in [-0.2, 0) is 29.0 Å². The average molecular weight is 399 g/mol. The van der Waals surface area contributed by atoms with Gasteiger partial charge in [-0.25, -0.2) is 0 Å². The van der Waals surface area contributed by atoms with E-state index in [0.29, 0.717) is 18.8 Å². The van der Waals surface area contributed by atoms with Crippen molar-refractivity contribution in [2.45, 2.75) is 38.5 Å². The summed E-state index contributed by atoms with van der Waals surface area (Å²) in [4.78, 5) is 25.6. The van der Waals surface area contributed by atoms with Crippen LogP contribution in [0.25, 0.3) is 0 Å². The minimum absolute atomic E-state index is 0.0556. The normalized spacial score (nSPS) is 20.8. The number of hydrogen-bond acceptors (Lipinski definition) is 5. The maximum Gasteiger partial charge on any atom is 0.258 e. The molecule has 0 spiro atoms. The minimum atomic E-state index is -0.277. The van der Waals surface area contributed by atoms with E-state index in [1.165, 1.54) is 28.4 Å². The standard InChI is InChI=1S/C22H26N2O5/c25-20-10-19(13-24-8-7-16-4-1-2-5-17(16)12-24)28-14-21(20)29-15-22(26)23-11-18-6-3-9-27-18/h1-2,4-5,10,14,18H,3,6-9,11-13,15H2,(H,23,26)/p+1/t18-/m0/s1. The highest BCUT2D eigenvalue weighted by molar-refractivity contribution is 5.77. The van der Waals surface area contributed by atoms with E-state index >= 15 is 0 Å². The van der Waals surface area contributed by atoms with Crippen LogP contribution in [0.5, 0.6) is 5.75 Å². The molecule has 1 aromatic heterocycles. The van der Waals surface area contributed by atoms with Crippen molar-refractivity contribution in [1.82, 2.24) is 5.32 Å². The number of hydrogen-bond donors (Lipinski definition) is 2. The second-order valence-corrected chi connectivity index (χ2v) is 7.67. The van der Waals surface area contributed by atoms with Gasteiger partial charge in [-0.05, 0) is 18.4 Å². The predicted molar refractivity (Wildman–Crippen MR) is 106 cm³/mol. The molecule has 2 atom stereocenters. The van der Waals surface area contributed by atoms with Crippen LogP contribution in [0.15, 0.2) is 45.8 Å². The summed E-state index contributed by atoms with van der Waals surface area (Å²) in [5, 5.41) is 2.76. The second-order valence-electron chi connectivity index (χ2n) is 7.67. The lowest BCUT2D eigenvalue weighted by Gasteiger charge is -2.25. The third-order valence-electron chi connectivity index (χ3n) is 5.49. The third-order valence-corrected chi connectivity index (χ3v) is 5.49. The van der Waals surface area contributed by atoms with E-state index in [0.717, 1.165) is 39.0 Å². The van der Waals surface area contributed by atoms with Gasteiger partial charge in [0.25, 0.3) is 5.91 Å². The van der Waals surface area contributed by atoms with E-state index in [4.69, 9.17) is 13.9 Å². The first-order chi connectivity index (χ1) is 14.2. The molecule has 2 aliphatic rings. The van der Waals surface area contributed by atoms with Gasteiger partial charge < -0.3 is 24.1 Å². The van der Waals surface area contributed by atoms with Crippen LogP contribution in [0.1, 0.15) is 29.7 Å². The number of nitrogens with one attached hydrogen (secondary N) is 2. The number of quaternary nitrogens is 1. The van der Waals surface area contributed by atoms with Crippen molar-refractivity contribution in [2.24, 2.45) is 0 Å². The summed E-state index contributed by atoms with van der Waals surface area (Å²) in [7, 11) is 0. The Kier molecular flexibility index (Phi) is 6.27. The molecule has 0 saturated carbocycles. The molecule has 0 bridgehead atoms. The third kappa shape index (κ3) is 5.25. The van der Waals surface area contributed by atoms with Gasteiger partial charge >= 0.3 is 0 Å². The van der Waals surface area contributed by atoms with Crippen molar-refractivity contribution in [3.63, 3.8) is 0 Å². The van der Waals surface area contributed by atoms with E-state index in [1.54, 1.807) is 0 Å². The van der Waals surface area contributed by atoms with Gasteiger partial charge in [0.15, 0.2) is 12.4 Å². The molecule has 1 unspecified atom stereocenters. The Morgan fingerprint density at radius 1 is 1.28 bits per heavy atom. The van der Waals surface area contributed by atoms with Crippen molar-refractivity contribution < 1.29 is 23.6 Å². The Morgan fingerprint density at radius 2 is 2.14 bits per heavy atom. The van der Waals surface area contributed by atoms with Gasteiger partial charge in [-0.2, -0.15) is 0 Å². The smallest absolute Gasteiger partial charge is 0.258 e. The van der Waals surface area contributed by atoms with Crippen LogP contribution >= 0.6 is 0 Å². The summed E-state index contributed by atoms with van der Waals surface area (Å²) in [5.41, 5.74) is 2.49. The number of fused-ring (bicyclic) bond motifs is 1. The fourth-order valence-electron chi connectivity index (χ4n) is 3.90. The molecule has 7 heteroatoms. The lowest BCUT2D eigenvalue weighted by atomic mass is 10.00. The zero-order valence-electron chi connectivity index (χ0n) is 16.4. The van der Waals surface area contributed by atoms with Gasteiger partial charge in [-0.15, -0.1) is 0 Å². The van der Waals surface area contributed by atoms with Crippen molar-refractivity contribution in [3.8, 4) is 5.75 Å². The maximum atomic E-state index is 12.3. The molecule has 154 valence electrons. The zero-order chi connectivity index (χ0) is 20.1. The molecule has 1 aromatic carbocycles. The summed E-state index contributed by atoms with van der Waals surface area (Å²) in [6.45, 7) is 3.57. The summed E-state index contributed by atoms with van der Waals surface area (Å²) in [5.74, 6) is 0.403.